The first kappa shape index (κ1) is 16.9. The highest BCUT2D eigenvalue weighted by atomic mass is 79.9. The second-order valence-electron chi connectivity index (χ2n) is 5.36. The molecule has 0 saturated heterocycles. The van der Waals surface area contributed by atoms with Crippen molar-refractivity contribution in [3.63, 3.8) is 0 Å². The van der Waals surface area contributed by atoms with Crippen molar-refractivity contribution < 1.29 is 9.59 Å². The summed E-state index contributed by atoms with van der Waals surface area (Å²) in [5, 5.41) is 5.63. The number of anilines is 2. The van der Waals surface area contributed by atoms with E-state index in [-0.39, 0.29) is 11.8 Å². The molecule has 0 heterocycles. The van der Waals surface area contributed by atoms with Crippen molar-refractivity contribution in [2.45, 2.75) is 0 Å². The molecule has 0 unspecified atom stereocenters. The van der Waals surface area contributed by atoms with Gasteiger partial charge < -0.3 is 10.6 Å². The Bertz CT molecular complexity index is 876. The lowest BCUT2D eigenvalue weighted by atomic mass is 10.1. The summed E-state index contributed by atoms with van der Waals surface area (Å²) in [6, 6.07) is 23.1. The quantitative estimate of drug-likeness (QED) is 0.657. The maximum Gasteiger partial charge on any atom is 0.255 e. The molecule has 3 aromatic rings. The number of hydrogen-bond donors (Lipinski definition) is 2. The summed E-state index contributed by atoms with van der Waals surface area (Å²) in [4.78, 5) is 24.4. The molecule has 0 aliphatic rings. The number of hydrogen-bond acceptors (Lipinski definition) is 2. The van der Waals surface area contributed by atoms with E-state index in [0.29, 0.717) is 16.8 Å². The zero-order chi connectivity index (χ0) is 17.6. The first-order valence-corrected chi connectivity index (χ1v) is 8.44. The molecule has 25 heavy (non-hydrogen) atoms. The summed E-state index contributed by atoms with van der Waals surface area (Å²) in [5.74, 6) is -0.397. The summed E-state index contributed by atoms with van der Waals surface area (Å²) in [7, 11) is 0. The molecule has 4 nitrogen and oxygen atoms in total. The zero-order valence-electron chi connectivity index (χ0n) is 13.2. The van der Waals surface area contributed by atoms with Gasteiger partial charge in [0.25, 0.3) is 11.8 Å². The molecule has 0 aliphatic heterocycles. The molecule has 0 atom stereocenters. The summed E-state index contributed by atoms with van der Waals surface area (Å²) in [6.07, 6.45) is 0. The molecule has 3 aromatic carbocycles. The van der Waals surface area contributed by atoms with Crippen LogP contribution >= 0.6 is 15.9 Å². The Labute approximate surface area is 154 Å². The fraction of sp³-hybridized carbons (Fsp3) is 0. The van der Waals surface area contributed by atoms with Gasteiger partial charge in [0.1, 0.15) is 0 Å². The number of amides is 2. The van der Waals surface area contributed by atoms with Crippen molar-refractivity contribution in [3.05, 3.63) is 94.5 Å². The average Bonchev–Trinajstić information content (AvgIpc) is 2.63. The van der Waals surface area contributed by atoms with Crippen LogP contribution in [0.4, 0.5) is 11.4 Å². The van der Waals surface area contributed by atoms with Gasteiger partial charge in [-0.25, -0.2) is 0 Å². The Hall–Kier alpha value is -2.92. The van der Waals surface area contributed by atoms with Gasteiger partial charge in [0.2, 0.25) is 0 Å². The average molecular weight is 395 g/mol. The second-order valence-corrected chi connectivity index (χ2v) is 6.27. The number of benzene rings is 3. The molecule has 3 rings (SSSR count). The normalized spacial score (nSPS) is 10.1. The highest BCUT2D eigenvalue weighted by molar-refractivity contribution is 9.10. The molecular formula is C20H15BrN2O2. The molecular weight excluding hydrogens is 380 g/mol. The topological polar surface area (TPSA) is 58.2 Å². The maximum absolute atomic E-state index is 12.2. The first-order chi connectivity index (χ1) is 12.1. The number of rotatable bonds is 4. The van der Waals surface area contributed by atoms with Crippen LogP contribution in [0, 0.1) is 0 Å². The summed E-state index contributed by atoms with van der Waals surface area (Å²) < 4.78 is 0.915. The fourth-order valence-electron chi connectivity index (χ4n) is 2.23. The van der Waals surface area contributed by atoms with Crippen LogP contribution < -0.4 is 10.6 Å². The highest BCUT2D eigenvalue weighted by Crippen LogP contribution is 2.15. The molecule has 2 N–H and O–H groups in total. The predicted molar refractivity (Wildman–Crippen MR) is 103 cm³/mol. The third-order valence-corrected chi connectivity index (χ3v) is 4.07. The minimum Gasteiger partial charge on any atom is -0.322 e. The van der Waals surface area contributed by atoms with E-state index in [4.69, 9.17) is 0 Å². The lowest BCUT2D eigenvalue weighted by Crippen LogP contribution is -2.13. The van der Waals surface area contributed by atoms with Gasteiger partial charge in [0.15, 0.2) is 0 Å². The van der Waals surface area contributed by atoms with Crippen molar-refractivity contribution in [1.82, 2.24) is 0 Å². The van der Waals surface area contributed by atoms with Crippen LogP contribution in [0.5, 0.6) is 0 Å². The van der Waals surface area contributed by atoms with Crippen molar-refractivity contribution in [2.75, 3.05) is 10.6 Å². The van der Waals surface area contributed by atoms with Gasteiger partial charge in [-0.15, -0.1) is 0 Å². The molecule has 0 spiro atoms. The van der Waals surface area contributed by atoms with E-state index in [9.17, 15) is 9.59 Å². The molecule has 0 saturated carbocycles. The Balaban J connectivity index is 1.64. The second kappa shape index (κ2) is 7.77. The molecule has 0 radical (unpaired) electrons. The standard InChI is InChI=1S/C20H15BrN2O2/c21-16-10-6-14(7-11-16)19(24)23-18-12-8-15(9-13-18)20(25)22-17-4-2-1-3-5-17/h1-13H,(H,22,25)(H,23,24). The van der Waals surface area contributed by atoms with Crippen LogP contribution in [-0.4, -0.2) is 11.8 Å². The maximum atomic E-state index is 12.2. The van der Waals surface area contributed by atoms with Gasteiger partial charge >= 0.3 is 0 Å². The number of carbonyl (C=O) groups is 2. The van der Waals surface area contributed by atoms with Gasteiger partial charge in [-0.3, -0.25) is 9.59 Å². The Morgan fingerprint density at radius 1 is 0.600 bits per heavy atom. The number of nitrogens with one attached hydrogen (secondary N) is 2. The van der Waals surface area contributed by atoms with Crippen molar-refractivity contribution in [2.24, 2.45) is 0 Å². The van der Waals surface area contributed by atoms with Crippen LogP contribution in [0.2, 0.25) is 0 Å². The molecule has 0 bridgehead atoms. The molecule has 0 aromatic heterocycles. The van der Waals surface area contributed by atoms with E-state index in [1.54, 1.807) is 36.4 Å². The van der Waals surface area contributed by atoms with Gasteiger partial charge in [0.05, 0.1) is 0 Å². The van der Waals surface area contributed by atoms with Crippen molar-refractivity contribution in [3.8, 4) is 0 Å². The van der Waals surface area contributed by atoms with E-state index in [2.05, 4.69) is 26.6 Å². The summed E-state index contributed by atoms with van der Waals surface area (Å²) in [6.45, 7) is 0. The van der Waals surface area contributed by atoms with Gasteiger partial charge in [-0.2, -0.15) is 0 Å². The Morgan fingerprint density at radius 3 is 1.56 bits per heavy atom. The largest absolute Gasteiger partial charge is 0.322 e. The van der Waals surface area contributed by atoms with E-state index in [1.807, 2.05) is 42.5 Å². The third-order valence-electron chi connectivity index (χ3n) is 3.54. The fourth-order valence-corrected chi connectivity index (χ4v) is 2.50. The van der Waals surface area contributed by atoms with E-state index in [0.717, 1.165) is 10.2 Å². The van der Waals surface area contributed by atoms with Crippen LogP contribution in [0.1, 0.15) is 20.7 Å². The molecule has 124 valence electrons. The monoisotopic (exact) mass is 394 g/mol. The lowest BCUT2D eigenvalue weighted by molar-refractivity contribution is 0.102. The number of halogens is 1. The van der Waals surface area contributed by atoms with Crippen LogP contribution in [0.3, 0.4) is 0 Å². The number of carbonyl (C=O) groups excluding carboxylic acids is 2. The van der Waals surface area contributed by atoms with Gasteiger partial charge in [-0.1, -0.05) is 34.1 Å². The first-order valence-electron chi connectivity index (χ1n) is 7.65. The van der Waals surface area contributed by atoms with Crippen molar-refractivity contribution in [1.29, 1.82) is 0 Å². The van der Waals surface area contributed by atoms with Crippen molar-refractivity contribution >= 4 is 39.1 Å². The Kier molecular flexibility index (Phi) is 5.26. The predicted octanol–water partition coefficient (Wildman–Crippen LogP) is 4.95. The van der Waals surface area contributed by atoms with E-state index in [1.165, 1.54) is 0 Å². The van der Waals surface area contributed by atoms with E-state index < -0.39 is 0 Å². The van der Waals surface area contributed by atoms with Gasteiger partial charge in [-0.05, 0) is 60.7 Å². The minimum absolute atomic E-state index is 0.197. The lowest BCUT2D eigenvalue weighted by Gasteiger charge is -2.08. The highest BCUT2D eigenvalue weighted by Gasteiger charge is 2.08. The zero-order valence-corrected chi connectivity index (χ0v) is 14.8. The molecule has 5 heteroatoms. The van der Waals surface area contributed by atoms with Crippen LogP contribution in [-0.2, 0) is 0 Å². The SMILES string of the molecule is O=C(Nc1ccc(C(=O)Nc2ccccc2)cc1)c1ccc(Br)cc1. The summed E-state index contributed by atoms with van der Waals surface area (Å²) in [5.41, 5.74) is 2.45. The van der Waals surface area contributed by atoms with E-state index >= 15 is 0 Å². The van der Waals surface area contributed by atoms with Crippen LogP contribution in [0.15, 0.2) is 83.3 Å². The smallest absolute Gasteiger partial charge is 0.255 e. The minimum atomic E-state index is -0.200. The number of para-hydroxylation sites is 1. The molecule has 0 aliphatic carbocycles. The molecule has 2 amide bonds. The third kappa shape index (κ3) is 4.55. The molecule has 0 fully saturated rings. The van der Waals surface area contributed by atoms with Gasteiger partial charge in [0, 0.05) is 27.0 Å². The van der Waals surface area contributed by atoms with Crippen LogP contribution in [0.25, 0.3) is 0 Å². The Morgan fingerprint density at radius 2 is 1.04 bits per heavy atom. The summed E-state index contributed by atoms with van der Waals surface area (Å²) >= 11 is 3.34.